The quantitative estimate of drug-likeness (QED) is 0.622. The Kier molecular flexibility index (Phi) is 3.99. The van der Waals surface area contributed by atoms with Gasteiger partial charge < -0.3 is 4.90 Å². The molecule has 1 fully saturated rings. The molecule has 1 aliphatic rings. The van der Waals surface area contributed by atoms with E-state index in [0.717, 1.165) is 19.2 Å². The summed E-state index contributed by atoms with van der Waals surface area (Å²) >= 11 is 0. The molecule has 1 heterocycles. The van der Waals surface area contributed by atoms with E-state index in [1.807, 2.05) is 4.90 Å². The number of hydrogen-bond acceptors (Lipinski definition) is 4. The molecule has 0 amide bonds. The summed E-state index contributed by atoms with van der Waals surface area (Å²) in [5.74, 6) is -0.438. The average molecular weight is 267 g/mol. The van der Waals surface area contributed by atoms with Crippen molar-refractivity contribution in [1.29, 1.82) is 0 Å². The van der Waals surface area contributed by atoms with Crippen LogP contribution in [0.25, 0.3) is 0 Å². The lowest BCUT2D eigenvalue weighted by Crippen LogP contribution is -2.49. The van der Waals surface area contributed by atoms with Crippen LogP contribution in [0.2, 0.25) is 0 Å². The van der Waals surface area contributed by atoms with Crippen molar-refractivity contribution < 1.29 is 9.31 Å². The molecule has 19 heavy (non-hydrogen) atoms. The first-order chi connectivity index (χ1) is 8.99. The Morgan fingerprint density at radius 3 is 2.42 bits per heavy atom. The average Bonchev–Trinajstić information content (AvgIpc) is 2.38. The van der Waals surface area contributed by atoms with E-state index in [4.69, 9.17) is 0 Å². The highest BCUT2D eigenvalue weighted by Gasteiger charge is 2.24. The summed E-state index contributed by atoms with van der Waals surface area (Å²) in [6.45, 7) is 7.29. The molecule has 1 saturated heterocycles. The van der Waals surface area contributed by atoms with Crippen LogP contribution in [0.3, 0.4) is 0 Å². The molecule has 104 valence electrons. The fraction of sp³-hybridized carbons (Fsp3) is 0.538. The van der Waals surface area contributed by atoms with Gasteiger partial charge in [-0.1, -0.05) is 0 Å². The summed E-state index contributed by atoms with van der Waals surface area (Å²) in [7, 11) is 0. The van der Waals surface area contributed by atoms with Gasteiger partial charge in [0.05, 0.1) is 4.92 Å². The van der Waals surface area contributed by atoms with E-state index in [1.54, 1.807) is 0 Å². The van der Waals surface area contributed by atoms with Gasteiger partial charge in [-0.2, -0.15) is 0 Å². The maximum absolute atomic E-state index is 13.3. The highest BCUT2D eigenvalue weighted by atomic mass is 19.1. The molecule has 0 radical (unpaired) electrons. The summed E-state index contributed by atoms with van der Waals surface area (Å²) in [6, 6.07) is 4.08. The van der Waals surface area contributed by atoms with Crippen LogP contribution in [0.5, 0.6) is 0 Å². The normalized spacial score (nSPS) is 16.9. The summed E-state index contributed by atoms with van der Waals surface area (Å²) in [5.41, 5.74) is 0.354. The van der Waals surface area contributed by atoms with Gasteiger partial charge >= 0.3 is 0 Å². The van der Waals surface area contributed by atoms with Crippen LogP contribution in [0.4, 0.5) is 15.8 Å². The summed E-state index contributed by atoms with van der Waals surface area (Å²) in [4.78, 5) is 14.7. The molecule has 0 aromatic heterocycles. The van der Waals surface area contributed by atoms with Crippen molar-refractivity contribution in [3.05, 3.63) is 34.1 Å². The number of anilines is 1. The molecule has 1 aromatic rings. The fourth-order valence-electron chi connectivity index (χ4n) is 2.38. The molecule has 0 spiro atoms. The number of hydrogen-bond donors (Lipinski definition) is 0. The molecule has 2 rings (SSSR count). The third-order valence-corrected chi connectivity index (χ3v) is 3.52. The summed E-state index contributed by atoms with van der Waals surface area (Å²) in [6.07, 6.45) is 0. The fourth-order valence-corrected chi connectivity index (χ4v) is 2.38. The molecule has 5 nitrogen and oxygen atoms in total. The van der Waals surface area contributed by atoms with E-state index in [1.165, 1.54) is 12.1 Å². The largest absolute Gasteiger partial charge is 0.363 e. The molecule has 0 atom stereocenters. The third kappa shape index (κ3) is 3.01. The number of benzene rings is 1. The zero-order valence-corrected chi connectivity index (χ0v) is 11.2. The topological polar surface area (TPSA) is 49.6 Å². The Balaban J connectivity index is 2.19. The van der Waals surface area contributed by atoms with E-state index >= 15 is 0 Å². The molecule has 0 aliphatic carbocycles. The van der Waals surface area contributed by atoms with Crippen molar-refractivity contribution in [2.24, 2.45) is 0 Å². The minimum Gasteiger partial charge on any atom is -0.363 e. The van der Waals surface area contributed by atoms with Crippen molar-refractivity contribution in [2.75, 3.05) is 31.1 Å². The van der Waals surface area contributed by atoms with Gasteiger partial charge in [-0.15, -0.1) is 0 Å². The first kappa shape index (κ1) is 13.7. The SMILES string of the molecule is CC(C)N1CCN(c2cc(F)ccc2[N+](=O)[O-])CC1. The van der Waals surface area contributed by atoms with E-state index in [0.29, 0.717) is 24.8 Å². The van der Waals surface area contributed by atoms with Crippen molar-refractivity contribution >= 4 is 11.4 Å². The lowest BCUT2D eigenvalue weighted by atomic mass is 10.2. The molecule has 1 aliphatic heterocycles. The van der Waals surface area contributed by atoms with E-state index in [-0.39, 0.29) is 5.69 Å². The number of piperazine rings is 1. The van der Waals surface area contributed by atoms with Crippen molar-refractivity contribution in [3.8, 4) is 0 Å². The Bertz CT molecular complexity index is 471. The molecule has 1 aromatic carbocycles. The van der Waals surface area contributed by atoms with Crippen LogP contribution >= 0.6 is 0 Å². The third-order valence-electron chi connectivity index (χ3n) is 3.52. The van der Waals surface area contributed by atoms with Crippen LogP contribution < -0.4 is 4.90 Å². The second kappa shape index (κ2) is 5.52. The van der Waals surface area contributed by atoms with Crippen molar-refractivity contribution in [1.82, 2.24) is 4.90 Å². The molecule has 0 bridgehead atoms. The van der Waals surface area contributed by atoms with Gasteiger partial charge in [-0.3, -0.25) is 15.0 Å². The highest BCUT2D eigenvalue weighted by molar-refractivity contribution is 5.63. The number of nitro groups is 1. The molecular formula is C13H18FN3O2. The smallest absolute Gasteiger partial charge is 0.292 e. The van der Waals surface area contributed by atoms with Gasteiger partial charge in [0, 0.05) is 44.4 Å². The Labute approximate surface area is 111 Å². The van der Waals surface area contributed by atoms with Gasteiger partial charge in [-0.05, 0) is 19.9 Å². The first-order valence-corrected chi connectivity index (χ1v) is 6.42. The Morgan fingerprint density at radius 1 is 1.26 bits per heavy atom. The summed E-state index contributed by atoms with van der Waals surface area (Å²) < 4.78 is 13.3. The van der Waals surface area contributed by atoms with Crippen molar-refractivity contribution in [3.63, 3.8) is 0 Å². The van der Waals surface area contributed by atoms with Gasteiger partial charge in [0.15, 0.2) is 0 Å². The number of nitro benzene ring substituents is 1. The minimum absolute atomic E-state index is 0.0283. The molecule has 6 heteroatoms. The minimum atomic E-state index is -0.455. The standard InChI is InChI=1S/C13H18FN3O2/c1-10(2)15-5-7-16(8-6-15)13-9-11(14)3-4-12(13)17(18)19/h3-4,9-10H,5-8H2,1-2H3. The van der Waals surface area contributed by atoms with E-state index in [2.05, 4.69) is 18.7 Å². The van der Waals surface area contributed by atoms with Crippen LogP contribution in [-0.4, -0.2) is 42.0 Å². The van der Waals surface area contributed by atoms with Crippen LogP contribution in [-0.2, 0) is 0 Å². The number of rotatable bonds is 3. The van der Waals surface area contributed by atoms with Gasteiger partial charge in [0.25, 0.3) is 5.69 Å². The van der Waals surface area contributed by atoms with Gasteiger partial charge in [0.2, 0.25) is 0 Å². The predicted molar refractivity (Wildman–Crippen MR) is 72.0 cm³/mol. The molecule has 0 unspecified atom stereocenters. The van der Waals surface area contributed by atoms with Gasteiger partial charge in [-0.25, -0.2) is 4.39 Å². The molecular weight excluding hydrogens is 249 g/mol. The zero-order valence-electron chi connectivity index (χ0n) is 11.2. The Hall–Kier alpha value is -1.69. The Morgan fingerprint density at radius 2 is 1.89 bits per heavy atom. The number of halogens is 1. The maximum Gasteiger partial charge on any atom is 0.292 e. The molecule has 0 saturated carbocycles. The first-order valence-electron chi connectivity index (χ1n) is 6.42. The zero-order chi connectivity index (χ0) is 14.0. The van der Waals surface area contributed by atoms with Gasteiger partial charge in [0.1, 0.15) is 11.5 Å². The van der Waals surface area contributed by atoms with Crippen LogP contribution in [0, 0.1) is 15.9 Å². The second-order valence-electron chi connectivity index (χ2n) is 5.01. The lowest BCUT2D eigenvalue weighted by Gasteiger charge is -2.37. The van der Waals surface area contributed by atoms with Crippen LogP contribution in [0.1, 0.15) is 13.8 Å². The lowest BCUT2D eigenvalue weighted by molar-refractivity contribution is -0.384. The van der Waals surface area contributed by atoms with Crippen molar-refractivity contribution in [2.45, 2.75) is 19.9 Å². The van der Waals surface area contributed by atoms with Crippen LogP contribution in [0.15, 0.2) is 18.2 Å². The monoisotopic (exact) mass is 267 g/mol. The van der Waals surface area contributed by atoms with E-state index < -0.39 is 10.7 Å². The maximum atomic E-state index is 13.3. The molecule has 0 N–H and O–H groups in total. The van der Waals surface area contributed by atoms with E-state index in [9.17, 15) is 14.5 Å². The second-order valence-corrected chi connectivity index (χ2v) is 5.01. The highest BCUT2D eigenvalue weighted by Crippen LogP contribution is 2.29. The summed E-state index contributed by atoms with van der Waals surface area (Å²) in [5, 5.41) is 11.0. The predicted octanol–water partition coefficient (Wildman–Crippen LogP) is 2.26. The number of nitrogens with zero attached hydrogens (tertiary/aromatic N) is 3.